The zero-order valence-electron chi connectivity index (χ0n) is 10.2. The summed E-state index contributed by atoms with van der Waals surface area (Å²) in [6.45, 7) is 1.73. The number of furan rings is 1. The molecule has 102 valence electrons. The number of alkyl halides is 3. The quantitative estimate of drug-likeness (QED) is 0.918. The number of aliphatic hydroxyl groups excluding tert-OH is 1. The smallest absolute Gasteiger partial charge is 0.416 e. The van der Waals surface area contributed by atoms with Crippen LogP contribution in [0.1, 0.15) is 28.6 Å². The summed E-state index contributed by atoms with van der Waals surface area (Å²) in [5.41, 5.74) is 0.603. The Morgan fingerprint density at radius 1 is 1.16 bits per heavy atom. The molecule has 2 aromatic rings. The van der Waals surface area contributed by atoms with Gasteiger partial charge in [-0.25, -0.2) is 0 Å². The Balaban J connectivity index is 2.10. The van der Waals surface area contributed by atoms with Crippen molar-refractivity contribution in [1.29, 1.82) is 0 Å². The normalized spacial score (nSPS) is 13.5. The fraction of sp³-hybridized carbons (Fsp3) is 0.286. The van der Waals surface area contributed by atoms with E-state index in [1.54, 1.807) is 13.0 Å². The first kappa shape index (κ1) is 13.7. The van der Waals surface area contributed by atoms with Crippen molar-refractivity contribution in [3.8, 4) is 0 Å². The molecule has 19 heavy (non-hydrogen) atoms. The van der Waals surface area contributed by atoms with Crippen molar-refractivity contribution in [3.05, 3.63) is 59.0 Å². The van der Waals surface area contributed by atoms with E-state index in [2.05, 4.69) is 0 Å². The maximum Gasteiger partial charge on any atom is 0.416 e. The molecule has 0 fully saturated rings. The maximum atomic E-state index is 12.4. The molecule has 0 aliphatic heterocycles. The summed E-state index contributed by atoms with van der Waals surface area (Å²) in [5.74, 6) is 0.611. The standard InChI is InChI=1S/C14H13F3O2/c1-9-12(6-7-19-9)13(18)8-10-2-4-11(5-3-10)14(15,16)17/h2-7,13,18H,8H2,1H3. The Hall–Kier alpha value is -1.75. The van der Waals surface area contributed by atoms with Crippen LogP contribution >= 0.6 is 0 Å². The first-order valence-corrected chi connectivity index (χ1v) is 5.76. The predicted molar refractivity (Wildman–Crippen MR) is 63.6 cm³/mol. The second-order valence-corrected chi connectivity index (χ2v) is 4.35. The van der Waals surface area contributed by atoms with Gasteiger partial charge in [-0.3, -0.25) is 0 Å². The van der Waals surface area contributed by atoms with E-state index in [4.69, 9.17) is 4.42 Å². The van der Waals surface area contributed by atoms with Crippen LogP contribution in [0, 0.1) is 6.92 Å². The summed E-state index contributed by atoms with van der Waals surface area (Å²) in [4.78, 5) is 0. The van der Waals surface area contributed by atoms with Gasteiger partial charge in [-0.1, -0.05) is 12.1 Å². The lowest BCUT2D eigenvalue weighted by atomic mass is 10.0. The van der Waals surface area contributed by atoms with E-state index in [1.807, 2.05) is 0 Å². The zero-order valence-corrected chi connectivity index (χ0v) is 10.2. The third kappa shape index (κ3) is 3.17. The number of hydrogen-bond acceptors (Lipinski definition) is 2. The number of hydrogen-bond donors (Lipinski definition) is 1. The highest BCUT2D eigenvalue weighted by atomic mass is 19.4. The SMILES string of the molecule is Cc1occc1C(O)Cc1ccc(C(F)(F)F)cc1. The van der Waals surface area contributed by atoms with Gasteiger partial charge in [0.25, 0.3) is 0 Å². The van der Waals surface area contributed by atoms with Crippen LogP contribution in [0.2, 0.25) is 0 Å². The number of halogens is 3. The molecule has 0 amide bonds. The van der Waals surface area contributed by atoms with E-state index in [9.17, 15) is 18.3 Å². The molecule has 0 bridgehead atoms. The third-order valence-corrected chi connectivity index (χ3v) is 2.97. The lowest BCUT2D eigenvalue weighted by Crippen LogP contribution is -2.06. The Kier molecular flexibility index (Phi) is 3.66. The van der Waals surface area contributed by atoms with Crippen LogP contribution in [-0.2, 0) is 12.6 Å². The minimum Gasteiger partial charge on any atom is -0.469 e. The minimum absolute atomic E-state index is 0.249. The molecule has 0 aliphatic rings. The molecule has 1 N–H and O–H groups in total. The van der Waals surface area contributed by atoms with Crippen molar-refractivity contribution in [2.75, 3.05) is 0 Å². The molecule has 2 rings (SSSR count). The molecule has 0 saturated heterocycles. The Bertz CT molecular complexity index is 541. The second kappa shape index (κ2) is 5.09. The van der Waals surface area contributed by atoms with Gasteiger partial charge in [-0.05, 0) is 30.7 Å². The van der Waals surface area contributed by atoms with Crippen molar-refractivity contribution in [3.63, 3.8) is 0 Å². The third-order valence-electron chi connectivity index (χ3n) is 2.97. The molecule has 0 saturated carbocycles. The fourth-order valence-electron chi connectivity index (χ4n) is 1.90. The number of aliphatic hydroxyl groups is 1. The molecular weight excluding hydrogens is 257 g/mol. The lowest BCUT2D eigenvalue weighted by Gasteiger charge is -2.11. The zero-order chi connectivity index (χ0) is 14.0. The van der Waals surface area contributed by atoms with E-state index in [0.717, 1.165) is 12.1 Å². The Morgan fingerprint density at radius 2 is 1.79 bits per heavy atom. The predicted octanol–water partition coefficient (Wildman–Crippen LogP) is 3.88. The number of benzene rings is 1. The van der Waals surface area contributed by atoms with Gasteiger partial charge >= 0.3 is 6.18 Å². The number of rotatable bonds is 3. The fourth-order valence-corrected chi connectivity index (χ4v) is 1.90. The highest BCUT2D eigenvalue weighted by Crippen LogP contribution is 2.30. The van der Waals surface area contributed by atoms with Gasteiger partial charge < -0.3 is 9.52 Å². The Morgan fingerprint density at radius 3 is 2.26 bits per heavy atom. The molecule has 0 radical (unpaired) electrons. The van der Waals surface area contributed by atoms with E-state index >= 15 is 0 Å². The van der Waals surface area contributed by atoms with Gasteiger partial charge in [0.05, 0.1) is 17.9 Å². The first-order chi connectivity index (χ1) is 8.88. The summed E-state index contributed by atoms with van der Waals surface area (Å²) in [5, 5.41) is 9.99. The molecule has 1 aromatic carbocycles. The van der Waals surface area contributed by atoms with Gasteiger partial charge in [-0.2, -0.15) is 13.2 Å². The topological polar surface area (TPSA) is 33.4 Å². The summed E-state index contributed by atoms with van der Waals surface area (Å²) in [6, 6.07) is 6.45. The molecule has 0 aliphatic carbocycles. The monoisotopic (exact) mass is 270 g/mol. The van der Waals surface area contributed by atoms with E-state index in [1.165, 1.54) is 18.4 Å². The highest BCUT2D eigenvalue weighted by Gasteiger charge is 2.30. The summed E-state index contributed by atoms with van der Waals surface area (Å²) < 4.78 is 42.3. The molecular formula is C14H13F3O2. The molecule has 1 heterocycles. The van der Waals surface area contributed by atoms with Crippen LogP contribution in [0.25, 0.3) is 0 Å². The van der Waals surface area contributed by atoms with Gasteiger partial charge in [0.15, 0.2) is 0 Å². The van der Waals surface area contributed by atoms with Crippen molar-refractivity contribution < 1.29 is 22.7 Å². The van der Waals surface area contributed by atoms with Crippen LogP contribution in [0.4, 0.5) is 13.2 Å². The first-order valence-electron chi connectivity index (χ1n) is 5.76. The van der Waals surface area contributed by atoms with Gasteiger partial charge in [0.2, 0.25) is 0 Å². The van der Waals surface area contributed by atoms with Crippen molar-refractivity contribution >= 4 is 0 Å². The molecule has 1 atom stereocenters. The van der Waals surface area contributed by atoms with E-state index < -0.39 is 17.8 Å². The molecule has 1 unspecified atom stereocenters. The van der Waals surface area contributed by atoms with Crippen molar-refractivity contribution in [2.24, 2.45) is 0 Å². The molecule has 5 heteroatoms. The molecule has 1 aromatic heterocycles. The summed E-state index contributed by atoms with van der Waals surface area (Å²) in [6.07, 6.45) is -3.40. The minimum atomic E-state index is -4.34. The van der Waals surface area contributed by atoms with Crippen LogP contribution in [0.5, 0.6) is 0 Å². The van der Waals surface area contributed by atoms with Gasteiger partial charge in [0, 0.05) is 12.0 Å². The van der Waals surface area contributed by atoms with Crippen LogP contribution in [-0.4, -0.2) is 5.11 Å². The van der Waals surface area contributed by atoms with Gasteiger partial charge in [-0.15, -0.1) is 0 Å². The second-order valence-electron chi connectivity index (χ2n) is 4.35. The van der Waals surface area contributed by atoms with Crippen LogP contribution in [0.15, 0.2) is 41.0 Å². The average Bonchev–Trinajstić information content (AvgIpc) is 2.75. The van der Waals surface area contributed by atoms with E-state index in [0.29, 0.717) is 16.9 Å². The Labute approximate surface area is 108 Å². The van der Waals surface area contributed by atoms with Crippen molar-refractivity contribution in [1.82, 2.24) is 0 Å². The highest BCUT2D eigenvalue weighted by molar-refractivity contribution is 5.27. The van der Waals surface area contributed by atoms with Gasteiger partial charge in [0.1, 0.15) is 5.76 Å². The van der Waals surface area contributed by atoms with E-state index in [-0.39, 0.29) is 6.42 Å². The molecule has 2 nitrogen and oxygen atoms in total. The largest absolute Gasteiger partial charge is 0.469 e. The van der Waals surface area contributed by atoms with Crippen LogP contribution in [0.3, 0.4) is 0 Å². The van der Waals surface area contributed by atoms with Crippen molar-refractivity contribution in [2.45, 2.75) is 25.6 Å². The summed E-state index contributed by atoms with van der Waals surface area (Å²) in [7, 11) is 0. The average molecular weight is 270 g/mol. The number of aryl methyl sites for hydroxylation is 1. The maximum absolute atomic E-state index is 12.4. The lowest BCUT2D eigenvalue weighted by molar-refractivity contribution is -0.137. The summed E-state index contributed by atoms with van der Waals surface area (Å²) >= 11 is 0. The molecule has 0 spiro atoms. The van der Waals surface area contributed by atoms with Crippen LogP contribution < -0.4 is 0 Å².